The highest BCUT2D eigenvalue weighted by Crippen LogP contribution is 2.23. The summed E-state index contributed by atoms with van der Waals surface area (Å²) in [5.41, 5.74) is 0. The van der Waals surface area contributed by atoms with Crippen LogP contribution in [0.3, 0.4) is 0 Å². The van der Waals surface area contributed by atoms with E-state index in [0.717, 1.165) is 11.3 Å². The molecule has 14 heavy (non-hydrogen) atoms. The molecule has 1 aromatic rings. The van der Waals surface area contributed by atoms with E-state index >= 15 is 0 Å². The van der Waals surface area contributed by atoms with Crippen LogP contribution >= 0.6 is 22.0 Å². The monoisotopic (exact) mass is 255 g/mol. The van der Waals surface area contributed by atoms with Gasteiger partial charge in [-0.2, -0.15) is 0 Å². The van der Waals surface area contributed by atoms with E-state index in [1.807, 2.05) is 0 Å². The molecule has 1 aromatic heterocycles. The van der Waals surface area contributed by atoms with Gasteiger partial charge < -0.3 is 0 Å². The van der Waals surface area contributed by atoms with Crippen LogP contribution in [0.5, 0.6) is 0 Å². The zero-order chi connectivity index (χ0) is 10.9. The van der Waals surface area contributed by atoms with Gasteiger partial charge in [0, 0.05) is 17.6 Å². The highest BCUT2D eigenvalue weighted by molar-refractivity contribution is 8.15. The number of carbonyl (C=O) groups excluding carboxylic acids is 1. The Kier molecular flexibility index (Phi) is 3.13. The van der Waals surface area contributed by atoms with Crippen molar-refractivity contribution < 1.29 is 17.8 Å². The molecule has 0 unspecified atom stereocenters. The minimum absolute atomic E-state index is 0.00502. The lowest BCUT2D eigenvalue weighted by Gasteiger charge is -1.88. The quantitative estimate of drug-likeness (QED) is 0.617. The van der Waals surface area contributed by atoms with E-state index < -0.39 is 9.05 Å². The first-order valence-corrected chi connectivity index (χ1v) is 6.65. The van der Waals surface area contributed by atoms with Crippen molar-refractivity contribution in [3.63, 3.8) is 0 Å². The molecule has 0 aromatic carbocycles. The Morgan fingerprint density at radius 3 is 2.57 bits per heavy atom. The summed E-state index contributed by atoms with van der Waals surface area (Å²) in [5, 5.41) is 2.91. The van der Waals surface area contributed by atoms with Crippen LogP contribution in [0.1, 0.15) is 6.92 Å². The van der Waals surface area contributed by atoms with Crippen molar-refractivity contribution in [3.8, 4) is 0 Å². The molecule has 0 atom stereocenters. The molecule has 0 aliphatic heterocycles. The van der Waals surface area contributed by atoms with Crippen LogP contribution < -0.4 is 9.88 Å². The molecule has 0 spiro atoms. The number of hydrogen-bond donors (Lipinski definition) is 1. The third-order valence-electron chi connectivity index (χ3n) is 1.34. The van der Waals surface area contributed by atoms with Crippen LogP contribution in [-0.4, -0.2) is 14.3 Å². The summed E-state index contributed by atoms with van der Waals surface area (Å²) in [6, 6.07) is 0. The number of rotatable bonds is 2. The number of carbonyl (C=O) groups is 1. The molecule has 8 heteroatoms. The van der Waals surface area contributed by atoms with E-state index in [4.69, 9.17) is 10.7 Å². The van der Waals surface area contributed by atoms with Gasteiger partial charge in [0.1, 0.15) is 6.20 Å². The van der Waals surface area contributed by atoms with Crippen LogP contribution in [0.15, 0.2) is 10.4 Å². The Morgan fingerprint density at radius 2 is 2.21 bits per heavy atom. The van der Waals surface area contributed by atoms with E-state index in [1.165, 1.54) is 17.7 Å². The van der Waals surface area contributed by atoms with Crippen molar-refractivity contribution in [2.24, 2.45) is 7.05 Å². The third-order valence-corrected chi connectivity index (χ3v) is 4.50. The summed E-state index contributed by atoms with van der Waals surface area (Å²) in [6.07, 6.45) is 1.35. The number of anilines is 1. The number of hydrogen-bond acceptors (Lipinski definition) is 4. The molecule has 78 valence electrons. The molecule has 1 amide bonds. The minimum Gasteiger partial charge on any atom is -0.247 e. The van der Waals surface area contributed by atoms with Crippen molar-refractivity contribution in [2.75, 3.05) is 5.32 Å². The molecule has 1 N–H and O–H groups in total. The fourth-order valence-corrected chi connectivity index (χ4v) is 2.90. The summed E-state index contributed by atoms with van der Waals surface area (Å²) in [7, 11) is 3.03. The fraction of sp³-hybridized carbons (Fsp3) is 0.333. The lowest BCUT2D eigenvalue weighted by atomic mass is 10.7. The first-order chi connectivity index (χ1) is 6.30. The van der Waals surface area contributed by atoms with E-state index in [9.17, 15) is 13.2 Å². The summed E-state index contributed by atoms with van der Waals surface area (Å²) in [6.45, 7) is 1.34. The molecular weight excluding hydrogens is 248 g/mol. The van der Waals surface area contributed by atoms with Crippen molar-refractivity contribution >= 4 is 42.1 Å². The molecule has 0 fully saturated rings. The Labute approximate surface area is 89.7 Å². The Hall–Kier alpha value is -0.660. The molecule has 0 aliphatic carbocycles. The van der Waals surface area contributed by atoms with Crippen LogP contribution in [0.2, 0.25) is 0 Å². The Balaban J connectivity index is 3.12. The largest absolute Gasteiger partial charge is 0.342 e. The van der Waals surface area contributed by atoms with Gasteiger partial charge in [-0.1, -0.05) is 0 Å². The van der Waals surface area contributed by atoms with Gasteiger partial charge in [-0.15, -0.1) is 0 Å². The smallest absolute Gasteiger partial charge is 0.247 e. The second-order valence-corrected chi connectivity index (χ2v) is 6.41. The zero-order valence-corrected chi connectivity index (χ0v) is 9.83. The number of halogens is 1. The average Bonchev–Trinajstić information content (AvgIpc) is 2.30. The minimum atomic E-state index is -3.72. The van der Waals surface area contributed by atoms with Crippen molar-refractivity contribution in [3.05, 3.63) is 6.20 Å². The van der Waals surface area contributed by atoms with Gasteiger partial charge in [0.2, 0.25) is 0 Å². The number of aryl methyl sites for hydroxylation is 1. The predicted octanol–water partition coefficient (Wildman–Crippen LogP) is 0.458. The number of nitrogens with zero attached hydrogens (tertiary/aromatic N) is 1. The first-order valence-electron chi connectivity index (χ1n) is 3.52. The van der Waals surface area contributed by atoms with Crippen molar-refractivity contribution in [1.82, 2.24) is 0 Å². The van der Waals surface area contributed by atoms with E-state index in [2.05, 4.69) is 5.32 Å². The number of thiazole rings is 1. The van der Waals surface area contributed by atoms with Gasteiger partial charge in [-0.05, 0) is 11.3 Å². The second kappa shape index (κ2) is 3.84. The van der Waals surface area contributed by atoms with Crippen molar-refractivity contribution in [2.45, 2.75) is 11.1 Å². The molecule has 0 aliphatic rings. The number of amides is 1. The van der Waals surface area contributed by atoms with Gasteiger partial charge in [0.25, 0.3) is 9.05 Å². The van der Waals surface area contributed by atoms with Gasteiger partial charge in [0.15, 0.2) is 4.21 Å². The number of aromatic nitrogens is 1. The maximum absolute atomic E-state index is 10.9. The molecule has 0 bridgehead atoms. The summed E-state index contributed by atoms with van der Waals surface area (Å²) < 4.78 is 23.4. The number of nitrogens with one attached hydrogen (secondary N) is 1. The highest BCUT2D eigenvalue weighted by atomic mass is 35.7. The Bertz CT molecular complexity index is 465. The van der Waals surface area contributed by atoms with Gasteiger partial charge in [0.05, 0.1) is 7.05 Å². The first kappa shape index (κ1) is 11.4. The summed E-state index contributed by atoms with van der Waals surface area (Å²) in [5.74, 6) is -0.263. The second-order valence-electron chi connectivity index (χ2n) is 2.59. The molecule has 0 saturated heterocycles. The van der Waals surface area contributed by atoms with Gasteiger partial charge in [-0.3, -0.25) is 0 Å². The van der Waals surface area contributed by atoms with E-state index in [0.29, 0.717) is 5.13 Å². The van der Waals surface area contributed by atoms with Crippen LogP contribution in [0.4, 0.5) is 5.13 Å². The summed E-state index contributed by atoms with van der Waals surface area (Å²) in [4.78, 5) is 10.7. The maximum atomic E-state index is 10.9. The molecule has 0 saturated carbocycles. The van der Waals surface area contributed by atoms with Gasteiger partial charge >= 0.3 is 11.0 Å². The Morgan fingerprint density at radius 1 is 1.64 bits per heavy atom. The highest BCUT2D eigenvalue weighted by Gasteiger charge is 2.21. The molecular formula is C6H8ClN2O3S2+. The van der Waals surface area contributed by atoms with Crippen LogP contribution in [0.25, 0.3) is 0 Å². The average molecular weight is 256 g/mol. The van der Waals surface area contributed by atoms with E-state index in [1.54, 1.807) is 7.05 Å². The molecule has 0 radical (unpaired) electrons. The molecule has 1 rings (SSSR count). The standard InChI is InChI=1S/C6H7ClN2O3S2/c1-4(10)8-6-9(2)3-5(13-6)14(7,11)12/h3H,1-2H3/p+1. The summed E-state index contributed by atoms with van der Waals surface area (Å²) >= 11 is 0.906. The van der Waals surface area contributed by atoms with E-state index in [-0.39, 0.29) is 10.1 Å². The topological polar surface area (TPSA) is 67.1 Å². The lowest BCUT2D eigenvalue weighted by Crippen LogP contribution is -2.30. The maximum Gasteiger partial charge on any atom is 0.342 e. The van der Waals surface area contributed by atoms with Crippen molar-refractivity contribution in [1.29, 1.82) is 0 Å². The van der Waals surface area contributed by atoms with Gasteiger partial charge in [-0.25, -0.2) is 23.1 Å². The lowest BCUT2D eigenvalue weighted by molar-refractivity contribution is -0.654. The zero-order valence-electron chi connectivity index (χ0n) is 7.44. The molecule has 5 nitrogen and oxygen atoms in total. The normalized spacial score (nSPS) is 11.4. The predicted molar refractivity (Wildman–Crippen MR) is 52.8 cm³/mol. The SMILES string of the molecule is CC(=O)Nc1sc(S(=O)(=O)Cl)c[n+]1C. The third kappa shape index (κ3) is 2.66. The fourth-order valence-electron chi connectivity index (χ4n) is 0.787. The van der Waals surface area contributed by atoms with Crippen LogP contribution in [0, 0.1) is 0 Å². The molecule has 1 heterocycles. The van der Waals surface area contributed by atoms with Crippen LogP contribution in [-0.2, 0) is 20.9 Å².